The lowest BCUT2D eigenvalue weighted by Gasteiger charge is -2.48. The van der Waals surface area contributed by atoms with E-state index in [9.17, 15) is 61.0 Å². The van der Waals surface area contributed by atoms with Gasteiger partial charge in [-0.3, -0.25) is 4.79 Å². The minimum atomic E-state index is -1.99. The normalized spacial score (nSPS) is 27.5. The van der Waals surface area contributed by atoms with E-state index in [2.05, 4.69) is 129 Å². The number of aliphatic hydroxyl groups is 11. The van der Waals surface area contributed by atoms with Crippen LogP contribution in [0.25, 0.3) is 0 Å². The monoisotopic (exact) mass is 1380 g/mol. The number of ether oxygens (including phenoxy) is 6. The van der Waals surface area contributed by atoms with E-state index in [1.54, 1.807) is 6.08 Å². The van der Waals surface area contributed by atoms with E-state index < -0.39 is 131 Å². The van der Waals surface area contributed by atoms with Crippen molar-refractivity contribution in [3.8, 4) is 0 Å². The summed E-state index contributed by atoms with van der Waals surface area (Å²) in [6.45, 7) is 1.57. The molecule has 17 unspecified atom stereocenters. The van der Waals surface area contributed by atoms with Crippen LogP contribution in [-0.4, -0.2) is 193 Å². The van der Waals surface area contributed by atoms with Crippen molar-refractivity contribution in [1.82, 2.24) is 5.32 Å². The molecule has 1 amide bonds. The summed E-state index contributed by atoms with van der Waals surface area (Å²) < 4.78 is 34.4. The summed E-state index contributed by atoms with van der Waals surface area (Å²) in [5.41, 5.74) is 0. The molecular weight excluding hydrogens is 1250 g/mol. The largest absolute Gasteiger partial charge is 0.394 e. The molecular formula is C79H133NO18. The third-order valence-corrected chi connectivity index (χ3v) is 18.0. The van der Waals surface area contributed by atoms with E-state index >= 15 is 0 Å². The van der Waals surface area contributed by atoms with Gasteiger partial charge in [0.2, 0.25) is 5.91 Å². The van der Waals surface area contributed by atoms with E-state index in [4.69, 9.17) is 28.4 Å². The Hall–Kier alpha value is -3.81. The number of rotatable bonds is 57. The highest BCUT2D eigenvalue weighted by Gasteiger charge is 2.53. The number of carbonyl (C=O) groups is 1. The summed E-state index contributed by atoms with van der Waals surface area (Å²) >= 11 is 0. The van der Waals surface area contributed by atoms with Gasteiger partial charge < -0.3 is 89.9 Å². The second kappa shape index (κ2) is 58.7. The average molecular weight is 1380 g/mol. The summed E-state index contributed by atoms with van der Waals surface area (Å²) in [5, 5.41) is 121. The molecule has 3 aliphatic rings. The number of hydrogen-bond donors (Lipinski definition) is 12. The van der Waals surface area contributed by atoms with Crippen molar-refractivity contribution in [3.63, 3.8) is 0 Å². The van der Waals surface area contributed by atoms with Crippen molar-refractivity contribution in [2.75, 3.05) is 26.4 Å². The second-order valence-corrected chi connectivity index (χ2v) is 26.4. The van der Waals surface area contributed by atoms with Crippen molar-refractivity contribution in [2.24, 2.45) is 0 Å². The van der Waals surface area contributed by atoms with Crippen molar-refractivity contribution in [3.05, 3.63) is 122 Å². The molecule has 562 valence electrons. The van der Waals surface area contributed by atoms with Crippen LogP contribution in [0.5, 0.6) is 0 Å². The fourth-order valence-corrected chi connectivity index (χ4v) is 11.9. The Bertz CT molecular complexity index is 2250. The molecule has 17 atom stereocenters. The van der Waals surface area contributed by atoms with Gasteiger partial charge in [0.15, 0.2) is 18.9 Å². The first-order valence-electron chi connectivity index (χ1n) is 37.8. The lowest BCUT2D eigenvalue weighted by Crippen LogP contribution is -2.66. The molecule has 3 saturated heterocycles. The van der Waals surface area contributed by atoms with Gasteiger partial charge in [-0.05, 0) is 96.3 Å². The fraction of sp³-hybridized carbons (Fsp3) is 0.734. The molecule has 0 aromatic heterocycles. The van der Waals surface area contributed by atoms with Gasteiger partial charge in [-0.15, -0.1) is 0 Å². The van der Waals surface area contributed by atoms with E-state index in [0.717, 1.165) is 83.5 Å². The number of nitrogens with one attached hydrogen (secondary N) is 1. The molecule has 0 bridgehead atoms. The minimum Gasteiger partial charge on any atom is -0.394 e. The molecule has 0 aromatic rings. The molecule has 98 heavy (non-hydrogen) atoms. The Morgan fingerprint density at radius 2 is 0.714 bits per heavy atom. The van der Waals surface area contributed by atoms with Gasteiger partial charge in [-0.1, -0.05) is 257 Å². The van der Waals surface area contributed by atoms with Crippen LogP contribution in [0.15, 0.2) is 122 Å². The molecule has 0 aliphatic carbocycles. The van der Waals surface area contributed by atoms with Crippen LogP contribution in [0.1, 0.15) is 239 Å². The summed E-state index contributed by atoms with van der Waals surface area (Å²) in [4.78, 5) is 13.4. The molecule has 3 fully saturated rings. The first-order chi connectivity index (χ1) is 47.8. The smallest absolute Gasteiger partial charge is 0.220 e. The molecule has 0 saturated carbocycles. The van der Waals surface area contributed by atoms with Crippen LogP contribution >= 0.6 is 0 Å². The van der Waals surface area contributed by atoms with E-state index in [0.29, 0.717) is 12.8 Å². The van der Waals surface area contributed by atoms with Gasteiger partial charge in [-0.2, -0.15) is 0 Å². The van der Waals surface area contributed by atoms with Crippen LogP contribution in [0.3, 0.4) is 0 Å². The average Bonchev–Trinajstić information content (AvgIpc) is 0.785. The van der Waals surface area contributed by atoms with Crippen LogP contribution in [0.2, 0.25) is 0 Å². The lowest BCUT2D eigenvalue weighted by atomic mass is 9.96. The first-order valence-corrected chi connectivity index (χ1v) is 37.8. The van der Waals surface area contributed by atoms with Crippen molar-refractivity contribution in [1.29, 1.82) is 0 Å². The molecule has 0 aromatic carbocycles. The maximum atomic E-state index is 13.4. The predicted molar refractivity (Wildman–Crippen MR) is 387 cm³/mol. The fourth-order valence-electron chi connectivity index (χ4n) is 11.9. The standard InChI is InChI=1S/C79H133NO18/c1-3-5-7-9-11-13-15-17-19-21-23-25-27-29-31-33-35-37-39-41-43-45-47-49-51-53-55-57-67(85)80-62(63(84)56-54-52-50-48-46-44-42-40-38-36-34-32-30-28-26-24-22-20-18-16-14-12-10-8-6-4-2)61-93-77-73(91)70(88)75(65(59-82)95-77)98-79-74(92)71(89)76(66(60-83)96-79)97-78-72(90)69(87)68(86)64(58-81)94-78/h5,7,11,13,17,19,23,25,29,31,35,37,41,43,46-49,54,56,62-66,68-79,81-84,86-92H,3-4,6,8-10,12,14-16,18,20-22,24,26-28,30,32-34,36,38-40,42,44-45,50-53,55,57-61H2,1-2H3,(H,80,85)/b7-5-,13-11-,19-17-,25-23-,31-29-,37-35-,43-41-,48-46+,49-47-,56-54+. The molecule has 19 heteroatoms. The van der Waals surface area contributed by atoms with Crippen molar-refractivity contribution >= 4 is 5.91 Å². The van der Waals surface area contributed by atoms with Crippen LogP contribution in [0, 0.1) is 0 Å². The van der Waals surface area contributed by atoms with Gasteiger partial charge in [0, 0.05) is 6.42 Å². The van der Waals surface area contributed by atoms with Crippen LogP contribution in [-0.2, 0) is 33.2 Å². The van der Waals surface area contributed by atoms with Gasteiger partial charge in [0.1, 0.15) is 73.2 Å². The Balaban J connectivity index is 1.45. The van der Waals surface area contributed by atoms with Gasteiger partial charge in [0.05, 0.1) is 38.6 Å². The molecule has 0 spiro atoms. The maximum Gasteiger partial charge on any atom is 0.220 e. The summed E-state index contributed by atoms with van der Waals surface area (Å²) in [7, 11) is 0. The molecule has 19 nitrogen and oxygen atoms in total. The van der Waals surface area contributed by atoms with Crippen molar-refractivity contribution in [2.45, 2.75) is 343 Å². The number of carbonyl (C=O) groups excluding carboxylic acids is 1. The number of allylic oxidation sites excluding steroid dienone is 19. The molecule has 3 rings (SSSR count). The lowest BCUT2D eigenvalue weighted by molar-refractivity contribution is -0.379. The number of hydrogen-bond acceptors (Lipinski definition) is 18. The van der Waals surface area contributed by atoms with E-state index in [-0.39, 0.29) is 12.3 Å². The van der Waals surface area contributed by atoms with E-state index in [1.807, 2.05) is 6.08 Å². The third-order valence-electron chi connectivity index (χ3n) is 18.0. The quantitative estimate of drug-likeness (QED) is 0.0199. The highest BCUT2D eigenvalue weighted by molar-refractivity contribution is 5.76. The van der Waals surface area contributed by atoms with Crippen LogP contribution in [0.4, 0.5) is 0 Å². The number of amides is 1. The van der Waals surface area contributed by atoms with Gasteiger partial charge in [-0.25, -0.2) is 0 Å². The number of unbranched alkanes of at least 4 members (excludes halogenated alkanes) is 23. The Morgan fingerprint density at radius 3 is 1.14 bits per heavy atom. The highest BCUT2D eigenvalue weighted by Crippen LogP contribution is 2.33. The SMILES string of the molecule is CC/C=C\C/C=C\C/C=C\C/C=C\C/C=C\C/C=C\C/C=C\C/C=C\CCCCC(=O)NC(COC1OC(CO)C(OC2OC(CO)C(OC3OC(CO)C(O)C(O)C3O)C(O)C2O)C(O)C1O)C(O)/C=C/CC/C=C/CCCCCCCCCCCCCCCCCCCCCC. The highest BCUT2D eigenvalue weighted by atomic mass is 16.8. The Kier molecular flexibility index (Phi) is 52.9. The minimum absolute atomic E-state index is 0.172. The summed E-state index contributed by atoms with van der Waals surface area (Å²) in [5.74, 6) is -0.331. The molecule has 3 aliphatic heterocycles. The summed E-state index contributed by atoms with van der Waals surface area (Å²) in [6, 6.07) is -1.02. The maximum absolute atomic E-state index is 13.4. The second-order valence-electron chi connectivity index (χ2n) is 26.4. The Labute approximate surface area is 588 Å². The van der Waals surface area contributed by atoms with E-state index in [1.165, 1.54) is 122 Å². The predicted octanol–water partition coefficient (Wildman–Crippen LogP) is 11.6. The summed E-state index contributed by atoms with van der Waals surface area (Å²) in [6.07, 6.45) is 54.6. The van der Waals surface area contributed by atoms with Crippen molar-refractivity contribution < 1.29 is 89.4 Å². The molecule has 12 N–H and O–H groups in total. The van der Waals surface area contributed by atoms with Crippen LogP contribution < -0.4 is 5.32 Å². The van der Waals surface area contributed by atoms with Gasteiger partial charge in [0.25, 0.3) is 0 Å². The third kappa shape index (κ3) is 39.0. The molecule has 0 radical (unpaired) electrons. The zero-order chi connectivity index (χ0) is 71.1. The zero-order valence-electron chi connectivity index (χ0n) is 59.7. The first kappa shape index (κ1) is 88.4. The number of aliphatic hydroxyl groups excluding tert-OH is 11. The zero-order valence-corrected chi connectivity index (χ0v) is 59.7. The Morgan fingerprint density at radius 1 is 0.378 bits per heavy atom. The topological polar surface area (TPSA) is 307 Å². The molecule has 3 heterocycles. The van der Waals surface area contributed by atoms with Gasteiger partial charge >= 0.3 is 0 Å².